The first-order chi connectivity index (χ1) is 13.3. The van der Waals surface area contributed by atoms with Gasteiger partial charge in [0.15, 0.2) is 0 Å². The molecule has 3 rings (SSSR count). The molecule has 0 bridgehead atoms. The fraction of sp³-hybridized carbons (Fsp3) is 0.476. The van der Waals surface area contributed by atoms with Gasteiger partial charge in [-0.2, -0.15) is 4.98 Å². The van der Waals surface area contributed by atoms with Gasteiger partial charge in [0.1, 0.15) is 11.6 Å². The van der Waals surface area contributed by atoms with Crippen LogP contribution in [0.3, 0.4) is 0 Å². The zero-order valence-corrected chi connectivity index (χ0v) is 17.3. The number of nitrogens with one attached hydrogen (secondary N) is 1. The Hall–Kier alpha value is -2.83. The van der Waals surface area contributed by atoms with Gasteiger partial charge in [-0.05, 0) is 31.2 Å². The molecule has 0 unspecified atom stereocenters. The molecule has 1 N–H and O–H groups in total. The van der Waals surface area contributed by atoms with Crippen LogP contribution in [0.2, 0.25) is 0 Å². The number of rotatable bonds is 4. The monoisotopic (exact) mass is 383 g/mol. The standard InChI is InChI=1S/C21H29N5O2/c1-15-14-18(23-16-6-8-17(28-5)9-7-16)24-20(22-15)26-12-10-25(11-13-26)19(27)21(2,3)4/h6-9,14H,10-13H2,1-5H3,(H,22,23,24). The van der Waals surface area contributed by atoms with Gasteiger partial charge >= 0.3 is 0 Å². The van der Waals surface area contributed by atoms with Gasteiger partial charge in [0.25, 0.3) is 0 Å². The maximum Gasteiger partial charge on any atom is 0.228 e. The Kier molecular flexibility index (Phi) is 5.72. The van der Waals surface area contributed by atoms with E-state index in [-0.39, 0.29) is 11.3 Å². The maximum atomic E-state index is 12.5. The number of anilines is 3. The summed E-state index contributed by atoms with van der Waals surface area (Å²) < 4.78 is 5.20. The van der Waals surface area contributed by atoms with E-state index in [1.165, 1.54) is 0 Å². The summed E-state index contributed by atoms with van der Waals surface area (Å²) in [5.41, 5.74) is 1.48. The second kappa shape index (κ2) is 8.04. The molecule has 28 heavy (non-hydrogen) atoms. The van der Waals surface area contributed by atoms with Gasteiger partial charge in [-0.15, -0.1) is 0 Å². The fourth-order valence-corrected chi connectivity index (χ4v) is 3.16. The Labute approximate surface area is 166 Å². The molecule has 1 aromatic carbocycles. The van der Waals surface area contributed by atoms with Crippen molar-refractivity contribution in [1.82, 2.24) is 14.9 Å². The summed E-state index contributed by atoms with van der Waals surface area (Å²) in [5, 5.41) is 3.32. The molecule has 150 valence electrons. The third-order valence-corrected chi connectivity index (χ3v) is 4.70. The van der Waals surface area contributed by atoms with Crippen LogP contribution in [-0.4, -0.2) is 54.1 Å². The summed E-state index contributed by atoms with van der Waals surface area (Å²) in [7, 11) is 1.65. The zero-order valence-electron chi connectivity index (χ0n) is 17.3. The van der Waals surface area contributed by atoms with Crippen molar-refractivity contribution in [3.63, 3.8) is 0 Å². The highest BCUT2D eigenvalue weighted by molar-refractivity contribution is 5.81. The molecule has 2 heterocycles. The normalized spacial score (nSPS) is 14.8. The van der Waals surface area contributed by atoms with Gasteiger partial charge in [0.05, 0.1) is 7.11 Å². The third-order valence-electron chi connectivity index (χ3n) is 4.70. The number of aryl methyl sites for hydroxylation is 1. The number of benzene rings is 1. The Morgan fingerprint density at radius 3 is 2.29 bits per heavy atom. The van der Waals surface area contributed by atoms with Crippen molar-refractivity contribution < 1.29 is 9.53 Å². The highest BCUT2D eigenvalue weighted by Gasteiger charge is 2.30. The summed E-state index contributed by atoms with van der Waals surface area (Å²) >= 11 is 0. The molecule has 7 nitrogen and oxygen atoms in total. The van der Waals surface area contributed by atoms with Gasteiger partial charge in [-0.25, -0.2) is 4.98 Å². The summed E-state index contributed by atoms with van der Waals surface area (Å²) in [5.74, 6) is 2.45. The molecular weight excluding hydrogens is 354 g/mol. The van der Waals surface area contributed by atoms with Crippen molar-refractivity contribution in [2.75, 3.05) is 43.5 Å². The second-order valence-electron chi connectivity index (χ2n) is 8.08. The van der Waals surface area contributed by atoms with Crippen LogP contribution in [0.15, 0.2) is 30.3 Å². The topological polar surface area (TPSA) is 70.6 Å². The zero-order chi connectivity index (χ0) is 20.3. The first-order valence-electron chi connectivity index (χ1n) is 9.57. The van der Waals surface area contributed by atoms with E-state index >= 15 is 0 Å². The molecule has 2 aromatic rings. The quantitative estimate of drug-likeness (QED) is 0.874. The molecule has 1 aliphatic rings. The Morgan fingerprint density at radius 1 is 1.07 bits per heavy atom. The van der Waals surface area contributed by atoms with Crippen molar-refractivity contribution in [3.8, 4) is 5.75 Å². The van der Waals surface area contributed by atoms with Crippen molar-refractivity contribution >= 4 is 23.4 Å². The smallest absolute Gasteiger partial charge is 0.228 e. The van der Waals surface area contributed by atoms with Crippen molar-refractivity contribution in [1.29, 1.82) is 0 Å². The molecule has 7 heteroatoms. The van der Waals surface area contributed by atoms with Crippen LogP contribution in [-0.2, 0) is 4.79 Å². The minimum Gasteiger partial charge on any atom is -0.497 e. The van der Waals surface area contributed by atoms with Crippen LogP contribution < -0.4 is 15.0 Å². The average molecular weight is 383 g/mol. The molecule has 0 atom stereocenters. The minimum atomic E-state index is -0.350. The highest BCUT2D eigenvalue weighted by Crippen LogP contribution is 2.23. The summed E-state index contributed by atoms with van der Waals surface area (Å²) in [6, 6.07) is 9.64. The van der Waals surface area contributed by atoms with E-state index in [1.807, 2.05) is 62.9 Å². The summed E-state index contributed by atoms with van der Waals surface area (Å²) in [6.45, 7) is 10.7. The fourth-order valence-electron chi connectivity index (χ4n) is 3.16. The number of piperazine rings is 1. The van der Waals surface area contributed by atoms with E-state index < -0.39 is 0 Å². The summed E-state index contributed by atoms with van der Waals surface area (Å²) in [6.07, 6.45) is 0. The molecule has 0 radical (unpaired) electrons. The van der Waals surface area contributed by atoms with Gasteiger partial charge in [0.2, 0.25) is 11.9 Å². The largest absolute Gasteiger partial charge is 0.497 e. The lowest BCUT2D eigenvalue weighted by Crippen LogP contribution is -2.52. The Balaban J connectivity index is 1.69. The molecule has 0 aliphatic carbocycles. The molecule has 1 fully saturated rings. The average Bonchev–Trinajstić information content (AvgIpc) is 2.67. The number of carbonyl (C=O) groups is 1. The second-order valence-corrected chi connectivity index (χ2v) is 8.08. The van der Waals surface area contributed by atoms with E-state index in [1.54, 1.807) is 7.11 Å². The first-order valence-corrected chi connectivity index (χ1v) is 9.57. The van der Waals surface area contributed by atoms with Gasteiger partial charge in [0, 0.05) is 49.0 Å². The molecular formula is C21H29N5O2. The molecule has 1 amide bonds. The van der Waals surface area contributed by atoms with Crippen molar-refractivity contribution in [2.45, 2.75) is 27.7 Å². The van der Waals surface area contributed by atoms with Crippen LogP contribution >= 0.6 is 0 Å². The van der Waals surface area contributed by atoms with Gasteiger partial charge in [-0.1, -0.05) is 20.8 Å². The lowest BCUT2D eigenvalue weighted by molar-refractivity contribution is -0.139. The number of hydrogen-bond acceptors (Lipinski definition) is 6. The molecule has 0 saturated carbocycles. The predicted octanol–water partition coefficient (Wildman–Crippen LogP) is 3.23. The highest BCUT2D eigenvalue weighted by atomic mass is 16.5. The van der Waals surface area contributed by atoms with Crippen LogP contribution in [0.1, 0.15) is 26.5 Å². The van der Waals surface area contributed by atoms with Gasteiger partial charge < -0.3 is 19.9 Å². The molecule has 1 aliphatic heterocycles. The minimum absolute atomic E-state index is 0.194. The molecule has 0 spiro atoms. The predicted molar refractivity (Wildman–Crippen MR) is 111 cm³/mol. The number of carbonyl (C=O) groups excluding carboxylic acids is 1. The van der Waals surface area contributed by atoms with E-state index in [9.17, 15) is 4.79 Å². The van der Waals surface area contributed by atoms with Crippen LogP contribution in [0.25, 0.3) is 0 Å². The lowest BCUT2D eigenvalue weighted by atomic mass is 9.94. The van der Waals surface area contributed by atoms with Crippen LogP contribution in [0.5, 0.6) is 5.75 Å². The number of ether oxygens (including phenoxy) is 1. The number of amides is 1. The van der Waals surface area contributed by atoms with Crippen LogP contribution in [0, 0.1) is 12.3 Å². The Morgan fingerprint density at radius 2 is 1.71 bits per heavy atom. The van der Waals surface area contributed by atoms with E-state index in [0.717, 1.165) is 36.0 Å². The van der Waals surface area contributed by atoms with Crippen LogP contribution in [0.4, 0.5) is 17.5 Å². The van der Waals surface area contributed by atoms with Crippen molar-refractivity contribution in [2.24, 2.45) is 5.41 Å². The molecule has 1 aromatic heterocycles. The third kappa shape index (κ3) is 4.71. The number of aromatic nitrogens is 2. The maximum absolute atomic E-state index is 12.5. The lowest BCUT2D eigenvalue weighted by Gasteiger charge is -2.37. The summed E-state index contributed by atoms with van der Waals surface area (Å²) in [4.78, 5) is 25.8. The van der Waals surface area contributed by atoms with E-state index in [0.29, 0.717) is 19.0 Å². The van der Waals surface area contributed by atoms with E-state index in [2.05, 4.69) is 20.2 Å². The molecule has 1 saturated heterocycles. The van der Waals surface area contributed by atoms with Crippen molar-refractivity contribution in [3.05, 3.63) is 36.0 Å². The first kappa shape index (κ1) is 19.9. The SMILES string of the molecule is COc1ccc(Nc2cc(C)nc(N3CCN(C(=O)C(C)(C)C)CC3)n2)cc1. The van der Waals surface area contributed by atoms with Gasteiger partial charge in [-0.3, -0.25) is 4.79 Å². The number of methoxy groups -OCH3 is 1. The number of hydrogen-bond donors (Lipinski definition) is 1. The Bertz CT molecular complexity index is 822. The number of nitrogens with zero attached hydrogens (tertiary/aromatic N) is 4. The van der Waals surface area contributed by atoms with E-state index in [4.69, 9.17) is 4.74 Å².